The van der Waals surface area contributed by atoms with Crippen LogP contribution >= 0.6 is 0 Å². The maximum Gasteiger partial charge on any atom is 0.339 e. The molecule has 1 aliphatic heterocycles. The van der Waals surface area contributed by atoms with E-state index >= 15 is 4.39 Å². The van der Waals surface area contributed by atoms with E-state index in [1.165, 1.54) is 31.4 Å². The zero-order valence-electron chi connectivity index (χ0n) is 20.8. The number of benzene rings is 3. The first-order valence-electron chi connectivity index (χ1n) is 12.4. The van der Waals surface area contributed by atoms with Crippen molar-refractivity contribution in [3.63, 3.8) is 0 Å². The fourth-order valence-corrected chi connectivity index (χ4v) is 5.09. The van der Waals surface area contributed by atoms with Crippen LogP contribution in [-0.2, 0) is 4.74 Å². The highest BCUT2D eigenvalue weighted by atomic mass is 19.1. The number of methoxy groups -OCH3 is 1. The third-order valence-electron chi connectivity index (χ3n) is 7.00. The van der Waals surface area contributed by atoms with Gasteiger partial charge in [-0.1, -0.05) is 12.1 Å². The quantitative estimate of drug-likeness (QED) is 0.259. The highest BCUT2D eigenvalue weighted by molar-refractivity contribution is 6.06. The number of nitrogens with zero attached hydrogens (tertiary/aromatic N) is 2. The molecule has 39 heavy (non-hydrogen) atoms. The van der Waals surface area contributed by atoms with Crippen LogP contribution in [0.4, 0.5) is 8.78 Å². The molecule has 10 heteroatoms. The Morgan fingerprint density at radius 3 is 2.56 bits per heavy atom. The van der Waals surface area contributed by atoms with Crippen LogP contribution in [0, 0.1) is 11.6 Å². The van der Waals surface area contributed by atoms with Crippen molar-refractivity contribution >= 4 is 27.6 Å². The van der Waals surface area contributed by atoms with Gasteiger partial charge in [0.05, 0.1) is 24.5 Å². The van der Waals surface area contributed by atoms with E-state index in [0.717, 1.165) is 46.0 Å². The summed E-state index contributed by atoms with van der Waals surface area (Å²) in [5.74, 6) is -3.15. The second-order valence-electron chi connectivity index (χ2n) is 9.29. The van der Waals surface area contributed by atoms with Crippen molar-refractivity contribution in [1.82, 2.24) is 15.2 Å². The van der Waals surface area contributed by atoms with E-state index in [4.69, 9.17) is 19.2 Å². The molecule has 2 N–H and O–H groups in total. The molecular weight excluding hydrogens is 508 g/mol. The normalized spacial score (nSPS) is 14.1. The molecule has 0 bridgehead atoms. The first-order valence-corrected chi connectivity index (χ1v) is 12.4. The predicted octanol–water partition coefficient (Wildman–Crippen LogP) is 6.45. The molecule has 0 atom stereocenters. The average molecular weight is 532 g/mol. The SMILES string of the molecule is COc1c(C(=O)O)ccc(Oc2nc(C3CCOCC3)c(-c3ccc(F)cc3)c3cc4cn[nH]c4cc23)c1F. The largest absolute Gasteiger partial charge is 0.493 e. The van der Waals surface area contributed by atoms with E-state index in [-0.39, 0.29) is 28.9 Å². The summed E-state index contributed by atoms with van der Waals surface area (Å²) in [5, 5.41) is 18.7. The fourth-order valence-electron chi connectivity index (χ4n) is 5.09. The van der Waals surface area contributed by atoms with Gasteiger partial charge in [-0.2, -0.15) is 9.49 Å². The minimum atomic E-state index is -1.33. The van der Waals surface area contributed by atoms with Gasteiger partial charge < -0.3 is 19.3 Å². The van der Waals surface area contributed by atoms with Gasteiger partial charge in [0.25, 0.3) is 0 Å². The molecule has 1 fully saturated rings. The Balaban J connectivity index is 1.62. The van der Waals surface area contributed by atoms with E-state index in [2.05, 4.69) is 10.2 Å². The van der Waals surface area contributed by atoms with Crippen LogP contribution in [0.25, 0.3) is 32.8 Å². The molecule has 6 rings (SSSR count). The summed E-state index contributed by atoms with van der Waals surface area (Å²) in [6.07, 6.45) is 3.14. The van der Waals surface area contributed by atoms with Crippen molar-refractivity contribution in [3.8, 4) is 28.5 Å². The highest BCUT2D eigenvalue weighted by Gasteiger charge is 2.27. The van der Waals surface area contributed by atoms with Crippen LogP contribution in [-0.4, -0.2) is 46.6 Å². The van der Waals surface area contributed by atoms with Gasteiger partial charge >= 0.3 is 5.97 Å². The van der Waals surface area contributed by atoms with Gasteiger partial charge in [0.1, 0.15) is 11.4 Å². The minimum Gasteiger partial charge on any atom is -0.493 e. The van der Waals surface area contributed by atoms with E-state index in [1.807, 2.05) is 12.1 Å². The van der Waals surface area contributed by atoms with E-state index < -0.39 is 17.5 Å². The number of aromatic amines is 1. The Morgan fingerprint density at radius 2 is 1.85 bits per heavy atom. The molecule has 1 saturated heterocycles. The molecule has 8 nitrogen and oxygen atoms in total. The summed E-state index contributed by atoms with van der Waals surface area (Å²) in [6.45, 7) is 1.12. The Morgan fingerprint density at radius 1 is 1.08 bits per heavy atom. The molecule has 0 spiro atoms. The number of rotatable bonds is 6. The van der Waals surface area contributed by atoms with Gasteiger partial charge in [-0.25, -0.2) is 14.2 Å². The molecule has 3 aromatic carbocycles. The van der Waals surface area contributed by atoms with Gasteiger partial charge in [0, 0.05) is 35.5 Å². The number of nitrogens with one attached hydrogen (secondary N) is 1. The van der Waals surface area contributed by atoms with Crippen molar-refractivity contribution in [2.75, 3.05) is 20.3 Å². The summed E-state index contributed by atoms with van der Waals surface area (Å²) in [5.41, 5.74) is 2.73. The van der Waals surface area contributed by atoms with Crippen LogP contribution in [0.5, 0.6) is 17.4 Å². The standard InChI is InChI=1S/C29H23F2N3O5/c1-37-27-19(29(35)36)6-7-23(25(27)31)39-28-21-13-22-17(14-32-34-22)12-20(21)24(15-2-4-18(30)5-3-15)26(33-28)16-8-10-38-11-9-16/h2-7,12-14,16H,8-11H2,1H3,(H,32,34)(H,35,36). The lowest BCUT2D eigenvalue weighted by atomic mass is 9.87. The Kier molecular flexibility index (Phi) is 6.32. The molecule has 0 radical (unpaired) electrons. The molecule has 1 aliphatic rings. The molecule has 198 valence electrons. The summed E-state index contributed by atoms with van der Waals surface area (Å²) >= 11 is 0. The number of hydrogen-bond acceptors (Lipinski definition) is 6. The smallest absolute Gasteiger partial charge is 0.339 e. The number of halogens is 2. The molecule has 5 aromatic rings. The molecule has 0 aliphatic carbocycles. The molecule has 3 heterocycles. The predicted molar refractivity (Wildman–Crippen MR) is 140 cm³/mol. The molecule has 0 amide bonds. The zero-order valence-corrected chi connectivity index (χ0v) is 20.8. The van der Waals surface area contributed by atoms with E-state index in [1.54, 1.807) is 18.3 Å². The van der Waals surface area contributed by atoms with Crippen LogP contribution < -0.4 is 9.47 Å². The van der Waals surface area contributed by atoms with Gasteiger partial charge in [-0.15, -0.1) is 0 Å². The number of aromatic nitrogens is 3. The van der Waals surface area contributed by atoms with Crippen molar-refractivity contribution in [2.24, 2.45) is 0 Å². The third kappa shape index (κ3) is 4.42. The molecular formula is C29H23F2N3O5. The molecule has 2 aromatic heterocycles. The number of hydrogen-bond donors (Lipinski definition) is 2. The first-order chi connectivity index (χ1) is 18.9. The lowest BCUT2D eigenvalue weighted by molar-refractivity contribution is 0.0692. The number of ether oxygens (including phenoxy) is 3. The molecule has 0 saturated carbocycles. The maximum absolute atomic E-state index is 15.4. The van der Waals surface area contributed by atoms with Crippen molar-refractivity contribution < 1.29 is 32.9 Å². The van der Waals surface area contributed by atoms with Gasteiger partial charge in [-0.05, 0) is 60.2 Å². The Bertz CT molecular complexity index is 1710. The summed E-state index contributed by atoms with van der Waals surface area (Å²) in [6, 6.07) is 12.5. The van der Waals surface area contributed by atoms with Crippen molar-refractivity contribution in [3.05, 3.63) is 77.6 Å². The maximum atomic E-state index is 15.4. The number of H-pyrrole nitrogens is 1. The Labute approximate surface area is 221 Å². The second-order valence-corrected chi connectivity index (χ2v) is 9.29. The van der Waals surface area contributed by atoms with Crippen molar-refractivity contribution in [1.29, 1.82) is 0 Å². The average Bonchev–Trinajstić information content (AvgIpc) is 3.41. The van der Waals surface area contributed by atoms with Gasteiger partial charge in [0.2, 0.25) is 11.7 Å². The number of pyridine rings is 1. The number of carbonyl (C=O) groups is 1. The van der Waals surface area contributed by atoms with Crippen LogP contribution in [0.15, 0.2) is 54.7 Å². The van der Waals surface area contributed by atoms with Gasteiger partial charge in [0.15, 0.2) is 11.5 Å². The van der Waals surface area contributed by atoms with Crippen LogP contribution in [0.1, 0.15) is 34.8 Å². The second kappa shape index (κ2) is 9.95. The molecule has 0 unspecified atom stereocenters. The minimum absolute atomic E-state index is 0.0133. The lowest BCUT2D eigenvalue weighted by Gasteiger charge is -2.26. The summed E-state index contributed by atoms with van der Waals surface area (Å²) in [4.78, 5) is 16.5. The van der Waals surface area contributed by atoms with E-state index in [0.29, 0.717) is 18.6 Å². The highest BCUT2D eigenvalue weighted by Crippen LogP contribution is 2.44. The monoisotopic (exact) mass is 531 g/mol. The van der Waals surface area contributed by atoms with E-state index in [9.17, 15) is 14.3 Å². The Hall–Kier alpha value is -4.57. The fraction of sp³-hybridized carbons (Fsp3) is 0.207. The first kappa shape index (κ1) is 24.7. The number of aromatic carboxylic acids is 1. The van der Waals surface area contributed by atoms with Gasteiger partial charge in [-0.3, -0.25) is 5.10 Å². The number of fused-ring (bicyclic) bond motifs is 2. The van der Waals surface area contributed by atoms with Crippen molar-refractivity contribution in [2.45, 2.75) is 18.8 Å². The van der Waals surface area contributed by atoms with Crippen LogP contribution in [0.2, 0.25) is 0 Å². The summed E-state index contributed by atoms with van der Waals surface area (Å²) in [7, 11) is 1.19. The zero-order chi connectivity index (χ0) is 27.1. The summed E-state index contributed by atoms with van der Waals surface area (Å²) < 4.78 is 46.0. The topological polar surface area (TPSA) is 107 Å². The lowest BCUT2D eigenvalue weighted by Crippen LogP contribution is -2.16. The van der Waals surface area contributed by atoms with Crippen LogP contribution in [0.3, 0.4) is 0 Å². The number of carboxylic acid groups (broad SMARTS) is 1. The number of carboxylic acids is 1. The third-order valence-corrected chi connectivity index (χ3v) is 7.00.